The fourth-order valence-electron chi connectivity index (χ4n) is 1.17. The summed E-state index contributed by atoms with van der Waals surface area (Å²) in [6, 6.07) is 5.74. The molecule has 0 aliphatic heterocycles. The molecule has 0 saturated heterocycles. The van der Waals surface area contributed by atoms with Crippen LogP contribution in [0.5, 0.6) is 0 Å². The lowest BCUT2D eigenvalue weighted by atomic mass is 10.4. The lowest BCUT2D eigenvalue weighted by Gasteiger charge is -2.17. The van der Waals surface area contributed by atoms with Crippen molar-refractivity contribution in [1.82, 2.24) is 4.98 Å². The Morgan fingerprint density at radius 3 is 2.92 bits per heavy atom. The third-order valence-corrected chi connectivity index (χ3v) is 1.83. The van der Waals surface area contributed by atoms with Crippen LogP contribution >= 0.6 is 0 Å². The zero-order valence-corrected chi connectivity index (χ0v) is 8.12. The van der Waals surface area contributed by atoms with Crippen LogP contribution in [0.25, 0.3) is 0 Å². The molecule has 0 saturated carbocycles. The normalized spacial score (nSPS) is 9.77. The van der Waals surface area contributed by atoms with Gasteiger partial charge in [-0.2, -0.15) is 0 Å². The average Bonchev–Trinajstić information content (AvgIpc) is 2.18. The summed E-state index contributed by atoms with van der Waals surface area (Å²) in [5.74, 6) is 6.90. The summed E-state index contributed by atoms with van der Waals surface area (Å²) in [5.41, 5.74) is 2.53. The van der Waals surface area contributed by atoms with E-state index in [1.807, 2.05) is 25.2 Å². The fraction of sp³-hybridized carbons (Fsp3) is 0.444. The summed E-state index contributed by atoms with van der Waals surface area (Å²) >= 11 is 0. The summed E-state index contributed by atoms with van der Waals surface area (Å²) in [7, 11) is 2.02. The second kappa shape index (κ2) is 4.67. The minimum absolute atomic E-state index is 0.695. The highest BCUT2D eigenvalue weighted by atomic mass is 15.3. The molecule has 0 bridgehead atoms. The SMILES string of the molecule is CCCN(C)c1cccc(NN)n1. The van der Waals surface area contributed by atoms with Gasteiger partial charge < -0.3 is 10.3 Å². The van der Waals surface area contributed by atoms with Gasteiger partial charge in [0.2, 0.25) is 0 Å². The van der Waals surface area contributed by atoms with Crippen LogP contribution < -0.4 is 16.2 Å². The molecular formula is C9H16N4. The fourth-order valence-corrected chi connectivity index (χ4v) is 1.17. The van der Waals surface area contributed by atoms with Gasteiger partial charge in [-0.3, -0.25) is 0 Å². The molecule has 0 unspecified atom stereocenters. The molecule has 0 radical (unpaired) electrons. The average molecular weight is 180 g/mol. The molecule has 13 heavy (non-hydrogen) atoms. The predicted octanol–water partition coefficient (Wildman–Crippen LogP) is 1.21. The molecule has 0 fully saturated rings. The van der Waals surface area contributed by atoms with Gasteiger partial charge >= 0.3 is 0 Å². The van der Waals surface area contributed by atoms with Crippen molar-refractivity contribution in [2.24, 2.45) is 5.84 Å². The number of rotatable bonds is 4. The third kappa shape index (κ3) is 2.59. The van der Waals surface area contributed by atoms with Gasteiger partial charge in [0.15, 0.2) is 0 Å². The van der Waals surface area contributed by atoms with Crippen LogP contribution in [0.1, 0.15) is 13.3 Å². The number of anilines is 2. The Bertz CT molecular complexity index is 262. The molecule has 0 amide bonds. The molecule has 1 heterocycles. The van der Waals surface area contributed by atoms with Crippen LogP contribution in [-0.2, 0) is 0 Å². The summed E-state index contributed by atoms with van der Waals surface area (Å²) in [6.07, 6.45) is 1.11. The molecule has 0 aliphatic carbocycles. The molecule has 4 heteroatoms. The van der Waals surface area contributed by atoms with Gasteiger partial charge in [-0.25, -0.2) is 10.8 Å². The monoisotopic (exact) mass is 180 g/mol. The number of nitrogens with zero attached hydrogens (tertiary/aromatic N) is 2. The molecule has 1 rings (SSSR count). The molecule has 0 aliphatic rings. The molecule has 1 aromatic heterocycles. The Hall–Kier alpha value is -1.29. The maximum atomic E-state index is 5.26. The molecular weight excluding hydrogens is 164 g/mol. The second-order valence-corrected chi connectivity index (χ2v) is 2.95. The van der Waals surface area contributed by atoms with Gasteiger partial charge in [0.05, 0.1) is 0 Å². The first kappa shape index (κ1) is 9.80. The van der Waals surface area contributed by atoms with Crippen LogP contribution in [0, 0.1) is 0 Å². The highest BCUT2D eigenvalue weighted by molar-refractivity contribution is 5.45. The number of pyridine rings is 1. The molecule has 1 aromatic rings. The van der Waals surface area contributed by atoms with E-state index in [1.165, 1.54) is 0 Å². The van der Waals surface area contributed by atoms with Gasteiger partial charge in [0, 0.05) is 13.6 Å². The Labute approximate surface area is 78.7 Å². The molecule has 72 valence electrons. The van der Waals surface area contributed by atoms with E-state index in [2.05, 4.69) is 22.2 Å². The van der Waals surface area contributed by atoms with Crippen molar-refractivity contribution >= 4 is 11.6 Å². The lowest BCUT2D eigenvalue weighted by Crippen LogP contribution is -2.19. The quantitative estimate of drug-likeness (QED) is 0.540. The Morgan fingerprint density at radius 1 is 1.54 bits per heavy atom. The Balaban J connectivity index is 2.75. The predicted molar refractivity (Wildman–Crippen MR) is 55.6 cm³/mol. The van der Waals surface area contributed by atoms with Gasteiger partial charge in [0.1, 0.15) is 11.6 Å². The lowest BCUT2D eigenvalue weighted by molar-refractivity contribution is 0.838. The minimum Gasteiger partial charge on any atom is -0.360 e. The molecule has 0 spiro atoms. The van der Waals surface area contributed by atoms with Crippen molar-refractivity contribution in [3.8, 4) is 0 Å². The topological polar surface area (TPSA) is 54.2 Å². The smallest absolute Gasteiger partial charge is 0.142 e. The van der Waals surface area contributed by atoms with Crippen molar-refractivity contribution in [2.75, 3.05) is 23.9 Å². The van der Waals surface area contributed by atoms with Gasteiger partial charge in [-0.05, 0) is 18.6 Å². The molecule has 3 N–H and O–H groups in total. The van der Waals surface area contributed by atoms with E-state index in [0.29, 0.717) is 5.82 Å². The zero-order chi connectivity index (χ0) is 9.68. The van der Waals surface area contributed by atoms with Crippen LogP contribution in [0.4, 0.5) is 11.6 Å². The molecule has 0 atom stereocenters. The van der Waals surface area contributed by atoms with Crippen molar-refractivity contribution < 1.29 is 0 Å². The number of aromatic nitrogens is 1. The van der Waals surface area contributed by atoms with E-state index in [-0.39, 0.29) is 0 Å². The van der Waals surface area contributed by atoms with Crippen LogP contribution in [-0.4, -0.2) is 18.6 Å². The summed E-state index contributed by atoms with van der Waals surface area (Å²) in [6.45, 7) is 3.14. The Kier molecular flexibility index (Phi) is 3.52. The summed E-state index contributed by atoms with van der Waals surface area (Å²) in [4.78, 5) is 6.40. The highest BCUT2D eigenvalue weighted by Crippen LogP contribution is 2.11. The van der Waals surface area contributed by atoms with Crippen molar-refractivity contribution in [3.05, 3.63) is 18.2 Å². The second-order valence-electron chi connectivity index (χ2n) is 2.95. The van der Waals surface area contributed by atoms with E-state index < -0.39 is 0 Å². The van der Waals surface area contributed by atoms with E-state index in [0.717, 1.165) is 18.8 Å². The highest BCUT2D eigenvalue weighted by Gasteiger charge is 2.00. The zero-order valence-electron chi connectivity index (χ0n) is 8.12. The van der Waals surface area contributed by atoms with E-state index in [9.17, 15) is 0 Å². The van der Waals surface area contributed by atoms with E-state index >= 15 is 0 Å². The van der Waals surface area contributed by atoms with Crippen LogP contribution in [0.15, 0.2) is 18.2 Å². The maximum Gasteiger partial charge on any atom is 0.142 e. The first-order valence-electron chi connectivity index (χ1n) is 4.42. The first-order chi connectivity index (χ1) is 6.27. The minimum atomic E-state index is 0.695. The number of hydrogen-bond acceptors (Lipinski definition) is 4. The summed E-state index contributed by atoms with van der Waals surface area (Å²) in [5, 5.41) is 0. The summed E-state index contributed by atoms with van der Waals surface area (Å²) < 4.78 is 0. The van der Waals surface area contributed by atoms with Gasteiger partial charge in [-0.1, -0.05) is 13.0 Å². The van der Waals surface area contributed by atoms with E-state index in [1.54, 1.807) is 0 Å². The third-order valence-electron chi connectivity index (χ3n) is 1.83. The number of hydrogen-bond donors (Lipinski definition) is 2. The number of nitrogens with one attached hydrogen (secondary N) is 1. The van der Waals surface area contributed by atoms with Crippen molar-refractivity contribution in [1.29, 1.82) is 0 Å². The van der Waals surface area contributed by atoms with E-state index in [4.69, 9.17) is 5.84 Å². The standard InChI is InChI=1S/C9H16N4/c1-3-7-13(2)9-6-4-5-8(11-9)12-10/h4-6H,3,7,10H2,1-2H3,(H,11,12). The number of hydrazine groups is 1. The number of nitrogen functional groups attached to an aromatic ring is 1. The molecule has 4 nitrogen and oxygen atoms in total. The molecule has 0 aromatic carbocycles. The van der Waals surface area contributed by atoms with Crippen molar-refractivity contribution in [2.45, 2.75) is 13.3 Å². The first-order valence-corrected chi connectivity index (χ1v) is 4.42. The van der Waals surface area contributed by atoms with Crippen molar-refractivity contribution in [3.63, 3.8) is 0 Å². The maximum absolute atomic E-state index is 5.26. The Morgan fingerprint density at radius 2 is 2.31 bits per heavy atom. The van der Waals surface area contributed by atoms with Crippen LogP contribution in [0.2, 0.25) is 0 Å². The van der Waals surface area contributed by atoms with Gasteiger partial charge in [0.25, 0.3) is 0 Å². The largest absolute Gasteiger partial charge is 0.360 e. The van der Waals surface area contributed by atoms with Crippen LogP contribution in [0.3, 0.4) is 0 Å². The number of nitrogens with two attached hydrogens (primary N) is 1. The van der Waals surface area contributed by atoms with Gasteiger partial charge in [-0.15, -0.1) is 0 Å².